The lowest BCUT2D eigenvalue weighted by atomic mass is 10.1. The van der Waals surface area contributed by atoms with E-state index in [0.717, 1.165) is 11.3 Å². The average molecular weight is 432 g/mol. The third-order valence-electron chi connectivity index (χ3n) is 5.68. The van der Waals surface area contributed by atoms with Crippen molar-refractivity contribution in [2.24, 2.45) is 0 Å². The number of piperazine rings is 1. The number of rotatable bonds is 6. The normalized spacial score (nSPS) is 16.8. The number of ether oxygens (including phenoxy) is 1. The van der Waals surface area contributed by atoms with Crippen LogP contribution in [0.5, 0.6) is 5.75 Å². The van der Waals surface area contributed by atoms with Crippen LogP contribution in [-0.4, -0.2) is 75.8 Å². The van der Waals surface area contributed by atoms with Crippen LogP contribution in [0.3, 0.4) is 0 Å². The number of nitrogens with zero attached hydrogens (tertiary/aromatic N) is 3. The fourth-order valence-corrected chi connectivity index (χ4v) is 4.92. The van der Waals surface area contributed by atoms with Crippen molar-refractivity contribution in [3.05, 3.63) is 59.7 Å². The van der Waals surface area contributed by atoms with Gasteiger partial charge in [0.2, 0.25) is 10.0 Å². The van der Waals surface area contributed by atoms with Gasteiger partial charge < -0.3 is 14.5 Å². The van der Waals surface area contributed by atoms with Crippen LogP contribution in [0, 0.1) is 0 Å². The van der Waals surface area contributed by atoms with Gasteiger partial charge in [0.05, 0.1) is 18.0 Å². The maximum atomic E-state index is 13.1. The van der Waals surface area contributed by atoms with E-state index >= 15 is 0 Å². The minimum absolute atomic E-state index is 0.156. The average Bonchev–Trinajstić information content (AvgIpc) is 2.78. The van der Waals surface area contributed by atoms with Crippen molar-refractivity contribution in [2.45, 2.75) is 17.9 Å². The van der Waals surface area contributed by atoms with Gasteiger partial charge in [0, 0.05) is 38.8 Å². The highest BCUT2D eigenvalue weighted by Gasteiger charge is 2.28. The molecule has 30 heavy (non-hydrogen) atoms. The van der Waals surface area contributed by atoms with Gasteiger partial charge in [0.15, 0.2) is 0 Å². The molecular weight excluding hydrogens is 402 g/mol. The molecule has 0 spiro atoms. The molecule has 0 N–H and O–H groups in total. The molecule has 7 nitrogen and oxygen atoms in total. The second kappa shape index (κ2) is 9.16. The summed E-state index contributed by atoms with van der Waals surface area (Å²) in [4.78, 5) is 16.9. The standard InChI is InChI=1S/C22H29N3O4S/c1-17(18-8-10-20(29-4)11-9-18)24(3)22(26)19-6-5-7-21(16-19)30(27,28)25-14-12-23(2)13-15-25/h5-11,16-17H,12-15H2,1-4H3. The predicted octanol–water partition coefficient (Wildman–Crippen LogP) is 2.46. The summed E-state index contributed by atoms with van der Waals surface area (Å²) in [5.74, 6) is 0.524. The van der Waals surface area contributed by atoms with Gasteiger partial charge in [-0.05, 0) is 49.9 Å². The van der Waals surface area contributed by atoms with Crippen LogP contribution in [0.4, 0.5) is 0 Å². The molecule has 1 fully saturated rings. The monoisotopic (exact) mass is 431 g/mol. The fourth-order valence-electron chi connectivity index (χ4n) is 3.45. The highest BCUT2D eigenvalue weighted by molar-refractivity contribution is 7.89. The van der Waals surface area contributed by atoms with E-state index in [-0.39, 0.29) is 16.8 Å². The van der Waals surface area contributed by atoms with Crippen molar-refractivity contribution in [3.8, 4) is 5.75 Å². The Bertz CT molecular complexity index is 984. The Morgan fingerprint density at radius 1 is 1.07 bits per heavy atom. The van der Waals surface area contributed by atoms with Gasteiger partial charge in [-0.3, -0.25) is 4.79 Å². The van der Waals surface area contributed by atoms with E-state index in [1.165, 1.54) is 10.4 Å². The highest BCUT2D eigenvalue weighted by Crippen LogP contribution is 2.24. The Hall–Kier alpha value is -2.42. The number of hydrogen-bond acceptors (Lipinski definition) is 5. The molecule has 0 aliphatic carbocycles. The van der Waals surface area contributed by atoms with E-state index in [1.54, 1.807) is 37.3 Å². The van der Waals surface area contributed by atoms with E-state index in [2.05, 4.69) is 4.90 Å². The number of sulfonamides is 1. The van der Waals surface area contributed by atoms with Gasteiger partial charge in [0.25, 0.3) is 5.91 Å². The van der Waals surface area contributed by atoms with Crippen LogP contribution >= 0.6 is 0 Å². The third-order valence-corrected chi connectivity index (χ3v) is 7.58. The molecule has 1 aliphatic rings. The molecule has 1 amide bonds. The zero-order valence-electron chi connectivity index (χ0n) is 17.9. The number of amides is 1. The fraction of sp³-hybridized carbons (Fsp3) is 0.409. The first-order valence-corrected chi connectivity index (χ1v) is 11.4. The molecule has 0 radical (unpaired) electrons. The summed E-state index contributed by atoms with van der Waals surface area (Å²) in [6, 6.07) is 13.7. The molecular formula is C22H29N3O4S. The first-order chi connectivity index (χ1) is 14.2. The topological polar surface area (TPSA) is 70.2 Å². The van der Waals surface area contributed by atoms with E-state index in [4.69, 9.17) is 4.74 Å². The third kappa shape index (κ3) is 4.66. The summed E-state index contributed by atoms with van der Waals surface area (Å²) in [7, 11) is 1.68. The lowest BCUT2D eigenvalue weighted by Gasteiger charge is -2.31. The quantitative estimate of drug-likeness (QED) is 0.703. The summed E-state index contributed by atoms with van der Waals surface area (Å²) in [5, 5.41) is 0. The van der Waals surface area contributed by atoms with E-state index in [1.807, 2.05) is 38.2 Å². The minimum Gasteiger partial charge on any atom is -0.497 e. The first-order valence-electron chi connectivity index (χ1n) is 9.94. The zero-order valence-corrected chi connectivity index (χ0v) is 18.7. The first kappa shape index (κ1) is 22.3. The highest BCUT2D eigenvalue weighted by atomic mass is 32.2. The minimum atomic E-state index is -3.63. The molecule has 1 unspecified atom stereocenters. The lowest BCUT2D eigenvalue weighted by molar-refractivity contribution is 0.0742. The van der Waals surface area contributed by atoms with Crippen molar-refractivity contribution in [2.75, 3.05) is 47.4 Å². The molecule has 1 aliphatic heterocycles. The Kier molecular flexibility index (Phi) is 6.80. The lowest BCUT2D eigenvalue weighted by Crippen LogP contribution is -2.47. The summed E-state index contributed by atoms with van der Waals surface area (Å²) < 4.78 is 32.7. The van der Waals surface area contributed by atoms with Crippen molar-refractivity contribution in [1.82, 2.24) is 14.1 Å². The molecule has 1 atom stereocenters. The number of likely N-dealkylation sites (N-methyl/N-ethyl adjacent to an activating group) is 1. The Morgan fingerprint density at radius 2 is 1.70 bits per heavy atom. The molecule has 0 aromatic heterocycles. The van der Waals surface area contributed by atoms with Gasteiger partial charge >= 0.3 is 0 Å². The molecule has 3 rings (SSSR count). The summed E-state index contributed by atoms with van der Waals surface area (Å²) in [5.41, 5.74) is 1.32. The van der Waals surface area contributed by atoms with E-state index in [9.17, 15) is 13.2 Å². The SMILES string of the molecule is COc1ccc(C(C)N(C)C(=O)c2cccc(S(=O)(=O)N3CCN(C)CC3)c2)cc1. The van der Waals surface area contributed by atoms with Crippen LogP contribution in [0.1, 0.15) is 28.9 Å². The molecule has 1 saturated heterocycles. The van der Waals surface area contributed by atoms with Gasteiger partial charge in [-0.1, -0.05) is 18.2 Å². The summed E-state index contributed by atoms with van der Waals surface area (Å²) in [6.07, 6.45) is 0. The van der Waals surface area contributed by atoms with E-state index < -0.39 is 10.0 Å². The maximum absolute atomic E-state index is 13.1. The van der Waals surface area contributed by atoms with Crippen molar-refractivity contribution in [3.63, 3.8) is 0 Å². The number of methoxy groups -OCH3 is 1. The van der Waals surface area contributed by atoms with Gasteiger partial charge in [0.1, 0.15) is 5.75 Å². The molecule has 162 valence electrons. The number of carbonyl (C=O) groups is 1. The Balaban J connectivity index is 1.79. The second-order valence-electron chi connectivity index (χ2n) is 7.60. The Labute approximate surface area is 178 Å². The molecule has 0 bridgehead atoms. The summed E-state index contributed by atoms with van der Waals surface area (Å²) >= 11 is 0. The summed E-state index contributed by atoms with van der Waals surface area (Å²) in [6.45, 7) is 4.22. The van der Waals surface area contributed by atoms with Crippen LogP contribution in [0.15, 0.2) is 53.4 Å². The molecule has 0 saturated carbocycles. The molecule has 2 aromatic carbocycles. The second-order valence-corrected chi connectivity index (χ2v) is 9.54. The van der Waals surface area contributed by atoms with Gasteiger partial charge in [-0.2, -0.15) is 4.31 Å². The molecule has 8 heteroatoms. The van der Waals surface area contributed by atoms with Crippen LogP contribution in [-0.2, 0) is 10.0 Å². The van der Waals surface area contributed by atoms with Gasteiger partial charge in [-0.15, -0.1) is 0 Å². The molecule has 1 heterocycles. The van der Waals surface area contributed by atoms with Crippen LogP contribution < -0.4 is 4.74 Å². The Morgan fingerprint density at radius 3 is 2.30 bits per heavy atom. The van der Waals surface area contributed by atoms with Crippen molar-refractivity contribution < 1.29 is 17.9 Å². The number of hydrogen-bond donors (Lipinski definition) is 0. The van der Waals surface area contributed by atoms with Crippen molar-refractivity contribution in [1.29, 1.82) is 0 Å². The number of benzene rings is 2. The van der Waals surface area contributed by atoms with Crippen molar-refractivity contribution >= 4 is 15.9 Å². The predicted molar refractivity (Wildman–Crippen MR) is 116 cm³/mol. The smallest absolute Gasteiger partial charge is 0.254 e. The molecule has 2 aromatic rings. The largest absolute Gasteiger partial charge is 0.497 e. The maximum Gasteiger partial charge on any atom is 0.254 e. The van der Waals surface area contributed by atoms with E-state index in [0.29, 0.717) is 31.7 Å². The number of carbonyl (C=O) groups excluding carboxylic acids is 1. The van der Waals surface area contributed by atoms with Crippen LogP contribution in [0.25, 0.3) is 0 Å². The van der Waals surface area contributed by atoms with Crippen LogP contribution in [0.2, 0.25) is 0 Å². The van der Waals surface area contributed by atoms with Gasteiger partial charge in [-0.25, -0.2) is 8.42 Å². The zero-order chi connectivity index (χ0) is 21.9.